The van der Waals surface area contributed by atoms with E-state index in [1.165, 1.54) is 0 Å². The SMILES string of the molecule is CCC(C)C(CC(C)(C)CC)C(=O)OC1CC(C)(C)NC(C)(C)C1. The second-order valence-corrected chi connectivity index (χ2v) is 10.1. The van der Waals surface area contributed by atoms with Crippen LogP contribution in [-0.2, 0) is 9.53 Å². The third-order valence-electron chi connectivity index (χ3n) is 5.80. The van der Waals surface area contributed by atoms with Crippen molar-refractivity contribution >= 4 is 5.97 Å². The molecule has 1 aliphatic rings. The number of ether oxygens (including phenoxy) is 1. The van der Waals surface area contributed by atoms with Gasteiger partial charge < -0.3 is 10.1 Å². The van der Waals surface area contributed by atoms with Gasteiger partial charge in [0.2, 0.25) is 0 Å². The molecule has 2 atom stereocenters. The summed E-state index contributed by atoms with van der Waals surface area (Å²) >= 11 is 0. The lowest BCUT2D eigenvalue weighted by Crippen LogP contribution is -2.60. The Morgan fingerprint density at radius 1 is 1.17 bits per heavy atom. The van der Waals surface area contributed by atoms with Crippen LogP contribution in [0.5, 0.6) is 0 Å². The molecule has 1 heterocycles. The van der Waals surface area contributed by atoms with Gasteiger partial charge in [0, 0.05) is 23.9 Å². The summed E-state index contributed by atoms with van der Waals surface area (Å²) in [4.78, 5) is 13.0. The number of rotatable bonds is 7. The maximum atomic E-state index is 13.0. The van der Waals surface area contributed by atoms with Crippen molar-refractivity contribution in [3.05, 3.63) is 0 Å². The summed E-state index contributed by atoms with van der Waals surface area (Å²) < 4.78 is 6.06. The van der Waals surface area contributed by atoms with Gasteiger partial charge in [-0.1, -0.05) is 47.5 Å². The lowest BCUT2D eigenvalue weighted by molar-refractivity contribution is -0.161. The summed E-state index contributed by atoms with van der Waals surface area (Å²) in [5.41, 5.74) is 0.183. The molecule has 1 N–H and O–H groups in total. The van der Waals surface area contributed by atoms with Gasteiger partial charge in [-0.15, -0.1) is 0 Å². The molecule has 0 bridgehead atoms. The Labute approximate surface area is 150 Å². The van der Waals surface area contributed by atoms with Crippen LogP contribution in [0.25, 0.3) is 0 Å². The van der Waals surface area contributed by atoms with E-state index in [0.717, 1.165) is 32.1 Å². The summed E-state index contributed by atoms with van der Waals surface area (Å²) in [6, 6.07) is 0. The van der Waals surface area contributed by atoms with Crippen LogP contribution in [0.4, 0.5) is 0 Å². The van der Waals surface area contributed by atoms with Crippen molar-refractivity contribution in [3.63, 3.8) is 0 Å². The van der Waals surface area contributed by atoms with Crippen molar-refractivity contribution in [2.24, 2.45) is 17.3 Å². The highest BCUT2D eigenvalue weighted by Crippen LogP contribution is 2.36. The van der Waals surface area contributed by atoms with E-state index >= 15 is 0 Å². The Bertz CT molecular complexity index is 410. The molecule has 0 radical (unpaired) electrons. The summed E-state index contributed by atoms with van der Waals surface area (Å²) in [5.74, 6) is 0.390. The molecule has 0 aromatic carbocycles. The first-order valence-electron chi connectivity index (χ1n) is 9.80. The molecule has 1 aliphatic heterocycles. The van der Waals surface area contributed by atoms with Crippen molar-refractivity contribution in [1.82, 2.24) is 5.32 Å². The van der Waals surface area contributed by atoms with Gasteiger partial charge in [0.1, 0.15) is 6.10 Å². The molecule has 3 heteroatoms. The van der Waals surface area contributed by atoms with Crippen LogP contribution in [0, 0.1) is 17.3 Å². The van der Waals surface area contributed by atoms with Gasteiger partial charge in [0.25, 0.3) is 0 Å². The minimum absolute atomic E-state index is 0.00125. The second-order valence-electron chi connectivity index (χ2n) is 10.1. The van der Waals surface area contributed by atoms with E-state index < -0.39 is 0 Å². The predicted octanol–water partition coefficient (Wildman–Crippen LogP) is 5.33. The Hall–Kier alpha value is -0.570. The summed E-state index contributed by atoms with van der Waals surface area (Å²) in [6.07, 6.45) is 4.79. The normalized spacial score (nSPS) is 23.5. The van der Waals surface area contributed by atoms with E-state index in [4.69, 9.17) is 4.74 Å². The van der Waals surface area contributed by atoms with E-state index in [1.54, 1.807) is 0 Å². The Kier molecular flexibility index (Phi) is 6.94. The molecular weight excluding hydrogens is 298 g/mol. The first kappa shape index (κ1) is 21.5. The molecule has 2 unspecified atom stereocenters. The highest BCUT2D eigenvalue weighted by atomic mass is 16.5. The van der Waals surface area contributed by atoms with Gasteiger partial charge in [-0.25, -0.2) is 0 Å². The average Bonchev–Trinajstić information content (AvgIpc) is 2.40. The zero-order chi connectivity index (χ0) is 18.8. The lowest BCUT2D eigenvalue weighted by Gasteiger charge is -2.46. The van der Waals surface area contributed by atoms with E-state index in [2.05, 4.69) is 67.6 Å². The number of carbonyl (C=O) groups is 1. The Morgan fingerprint density at radius 3 is 2.08 bits per heavy atom. The van der Waals surface area contributed by atoms with E-state index in [1.807, 2.05) is 0 Å². The molecule has 0 spiro atoms. The fourth-order valence-electron chi connectivity index (χ4n) is 4.10. The molecule has 1 fully saturated rings. The maximum Gasteiger partial charge on any atom is 0.309 e. The van der Waals surface area contributed by atoms with Crippen LogP contribution in [-0.4, -0.2) is 23.2 Å². The van der Waals surface area contributed by atoms with Gasteiger partial charge in [0.05, 0.1) is 5.92 Å². The zero-order valence-electron chi connectivity index (χ0n) is 17.6. The third-order valence-corrected chi connectivity index (χ3v) is 5.80. The van der Waals surface area contributed by atoms with Gasteiger partial charge in [-0.05, 0) is 45.4 Å². The smallest absolute Gasteiger partial charge is 0.309 e. The molecule has 1 saturated heterocycles. The van der Waals surface area contributed by atoms with Gasteiger partial charge in [0.15, 0.2) is 0 Å². The first-order valence-corrected chi connectivity index (χ1v) is 9.80. The molecule has 0 amide bonds. The minimum Gasteiger partial charge on any atom is -0.462 e. The molecule has 1 rings (SSSR count). The standard InChI is InChI=1S/C21H41NO2/c1-10-15(3)17(14-19(4,5)11-2)18(23)24-16-12-20(6,7)22-21(8,9)13-16/h15-17,22H,10-14H2,1-9H3. The molecular formula is C21H41NO2. The number of nitrogens with one attached hydrogen (secondary N) is 1. The Morgan fingerprint density at radius 2 is 1.67 bits per heavy atom. The van der Waals surface area contributed by atoms with Crippen LogP contribution in [0.2, 0.25) is 0 Å². The molecule has 24 heavy (non-hydrogen) atoms. The molecule has 0 aliphatic carbocycles. The number of hydrogen-bond donors (Lipinski definition) is 1. The molecule has 142 valence electrons. The number of carbonyl (C=O) groups excluding carboxylic acids is 1. The van der Waals surface area contributed by atoms with Gasteiger partial charge >= 0.3 is 5.97 Å². The van der Waals surface area contributed by atoms with Crippen LogP contribution >= 0.6 is 0 Å². The quantitative estimate of drug-likeness (QED) is 0.637. The fourth-order valence-corrected chi connectivity index (χ4v) is 4.10. The number of esters is 1. The van der Waals surface area contributed by atoms with Crippen LogP contribution < -0.4 is 5.32 Å². The van der Waals surface area contributed by atoms with E-state index in [9.17, 15) is 4.79 Å². The van der Waals surface area contributed by atoms with Crippen molar-refractivity contribution in [2.75, 3.05) is 0 Å². The molecule has 0 aromatic heterocycles. The maximum absolute atomic E-state index is 13.0. The van der Waals surface area contributed by atoms with Crippen molar-refractivity contribution in [2.45, 2.75) is 112 Å². The van der Waals surface area contributed by atoms with Crippen LogP contribution in [0.1, 0.15) is 94.4 Å². The summed E-state index contributed by atoms with van der Waals surface area (Å²) in [6.45, 7) is 19.9. The monoisotopic (exact) mass is 339 g/mol. The molecule has 3 nitrogen and oxygen atoms in total. The average molecular weight is 340 g/mol. The van der Waals surface area contributed by atoms with Crippen LogP contribution in [0.3, 0.4) is 0 Å². The van der Waals surface area contributed by atoms with Crippen molar-refractivity contribution < 1.29 is 9.53 Å². The molecule has 0 aromatic rings. The van der Waals surface area contributed by atoms with Crippen molar-refractivity contribution in [3.8, 4) is 0 Å². The predicted molar refractivity (Wildman–Crippen MR) is 102 cm³/mol. The second kappa shape index (κ2) is 7.76. The minimum atomic E-state index is 0.00125. The number of piperidine rings is 1. The van der Waals surface area contributed by atoms with E-state index in [0.29, 0.717) is 5.92 Å². The molecule has 0 saturated carbocycles. The van der Waals surface area contributed by atoms with E-state index in [-0.39, 0.29) is 34.5 Å². The first-order chi connectivity index (χ1) is 10.8. The largest absolute Gasteiger partial charge is 0.462 e. The highest BCUT2D eigenvalue weighted by molar-refractivity contribution is 5.73. The fraction of sp³-hybridized carbons (Fsp3) is 0.952. The third kappa shape index (κ3) is 6.38. The summed E-state index contributed by atoms with van der Waals surface area (Å²) in [7, 11) is 0. The van der Waals surface area contributed by atoms with Crippen LogP contribution in [0.15, 0.2) is 0 Å². The van der Waals surface area contributed by atoms with Gasteiger partial charge in [-0.2, -0.15) is 0 Å². The Balaban J connectivity index is 2.84. The highest BCUT2D eigenvalue weighted by Gasteiger charge is 2.41. The zero-order valence-corrected chi connectivity index (χ0v) is 17.6. The van der Waals surface area contributed by atoms with Gasteiger partial charge in [-0.3, -0.25) is 4.79 Å². The van der Waals surface area contributed by atoms with Crippen molar-refractivity contribution in [1.29, 1.82) is 0 Å². The number of hydrogen-bond acceptors (Lipinski definition) is 3. The summed E-state index contributed by atoms with van der Waals surface area (Å²) in [5, 5.41) is 3.65. The lowest BCUT2D eigenvalue weighted by atomic mass is 9.75. The topological polar surface area (TPSA) is 38.3 Å².